The molecule has 0 atom stereocenters. The number of hydrogen-bond donors (Lipinski definition) is 3. The Kier molecular flexibility index (Phi) is 9.83. The maximum Gasteiger partial charge on any atom is 0.276 e. The minimum atomic E-state index is -0.531. The van der Waals surface area contributed by atoms with Crippen molar-refractivity contribution in [1.82, 2.24) is 16.2 Å². The number of halogens is 3. The molecule has 0 saturated heterocycles. The van der Waals surface area contributed by atoms with Crippen LogP contribution in [0.15, 0.2) is 40.9 Å². The predicted molar refractivity (Wildman–Crippen MR) is 128 cm³/mol. The molecule has 2 amide bonds. The molecule has 2 aromatic carbocycles. The van der Waals surface area contributed by atoms with E-state index >= 15 is 0 Å². The van der Waals surface area contributed by atoms with Crippen LogP contribution in [0.25, 0.3) is 0 Å². The molecule has 0 saturated carbocycles. The topological polar surface area (TPSA) is 88.7 Å². The molecule has 0 bridgehead atoms. The van der Waals surface area contributed by atoms with Crippen LogP contribution in [0.4, 0.5) is 0 Å². The van der Waals surface area contributed by atoms with E-state index in [-0.39, 0.29) is 16.7 Å². The van der Waals surface area contributed by atoms with Gasteiger partial charge in [0.25, 0.3) is 11.8 Å². The molecular weight excluding hydrogens is 529 g/mol. The number of benzene rings is 2. The summed E-state index contributed by atoms with van der Waals surface area (Å²) in [5.41, 5.74) is 5.11. The van der Waals surface area contributed by atoms with Crippen LogP contribution in [0.2, 0.25) is 10.0 Å². The Morgan fingerprint density at radius 1 is 1.06 bits per heavy atom. The van der Waals surface area contributed by atoms with Crippen molar-refractivity contribution in [3.05, 3.63) is 56.5 Å². The summed E-state index contributed by atoms with van der Waals surface area (Å²) >= 11 is 20.2. The van der Waals surface area contributed by atoms with Gasteiger partial charge in [-0.05, 0) is 70.5 Å². The average molecular weight is 549 g/mol. The third-order valence-electron chi connectivity index (χ3n) is 3.56. The fourth-order valence-electron chi connectivity index (χ4n) is 2.12. The lowest BCUT2D eigenvalue weighted by Gasteiger charge is -2.13. The van der Waals surface area contributed by atoms with Gasteiger partial charge in [-0.2, -0.15) is 0 Å². The van der Waals surface area contributed by atoms with Crippen molar-refractivity contribution in [3.8, 4) is 11.5 Å². The van der Waals surface area contributed by atoms with Gasteiger partial charge in [-0.25, -0.2) is 0 Å². The Morgan fingerprint density at radius 2 is 1.77 bits per heavy atom. The third-order valence-corrected chi connectivity index (χ3v) is 4.92. The standard InChI is InChI=1S/C20H20BrCl2N3O4S/c1-11(2)9-29-16-5-3-12(7-14(16)21)19(28)24-20(31)26-25-18(27)10-30-17-6-4-13(22)8-15(17)23/h3-8,11H,9-10H2,1-2H3,(H,25,27)(H2,24,26,28,31). The van der Waals surface area contributed by atoms with E-state index in [0.29, 0.717) is 39.1 Å². The van der Waals surface area contributed by atoms with Crippen molar-refractivity contribution in [2.24, 2.45) is 5.92 Å². The molecule has 3 N–H and O–H groups in total. The zero-order valence-electron chi connectivity index (χ0n) is 16.6. The second kappa shape index (κ2) is 12.1. The van der Waals surface area contributed by atoms with Crippen LogP contribution in [0.3, 0.4) is 0 Å². The van der Waals surface area contributed by atoms with Gasteiger partial charge in [-0.1, -0.05) is 37.0 Å². The van der Waals surface area contributed by atoms with E-state index < -0.39 is 11.8 Å². The molecule has 0 unspecified atom stereocenters. The first-order valence-corrected chi connectivity index (χ1v) is 11.0. The Bertz CT molecular complexity index is 975. The Labute approximate surface area is 203 Å². The van der Waals surface area contributed by atoms with Crippen molar-refractivity contribution in [2.45, 2.75) is 13.8 Å². The molecule has 2 aromatic rings. The van der Waals surface area contributed by atoms with Gasteiger partial charge in [0.05, 0.1) is 16.1 Å². The lowest BCUT2D eigenvalue weighted by molar-refractivity contribution is -0.123. The molecule has 166 valence electrons. The molecule has 0 aromatic heterocycles. The molecule has 0 radical (unpaired) electrons. The summed E-state index contributed by atoms with van der Waals surface area (Å²) in [4.78, 5) is 24.2. The number of nitrogens with one attached hydrogen (secondary N) is 3. The fourth-order valence-corrected chi connectivity index (χ4v) is 3.22. The highest BCUT2D eigenvalue weighted by atomic mass is 79.9. The molecule has 31 heavy (non-hydrogen) atoms. The first-order valence-electron chi connectivity index (χ1n) is 9.06. The van der Waals surface area contributed by atoms with Gasteiger partial charge >= 0.3 is 0 Å². The first kappa shape index (κ1) is 25.2. The van der Waals surface area contributed by atoms with Crippen LogP contribution in [0.5, 0.6) is 11.5 Å². The maximum absolute atomic E-state index is 12.3. The number of hydrogen-bond acceptors (Lipinski definition) is 5. The Balaban J connectivity index is 1.79. The summed E-state index contributed by atoms with van der Waals surface area (Å²) in [7, 11) is 0. The second-order valence-corrected chi connectivity index (χ2v) is 8.78. The zero-order valence-corrected chi connectivity index (χ0v) is 20.5. The molecule has 0 spiro atoms. The molecule has 2 rings (SSSR count). The highest BCUT2D eigenvalue weighted by Gasteiger charge is 2.12. The van der Waals surface area contributed by atoms with E-state index in [9.17, 15) is 9.59 Å². The van der Waals surface area contributed by atoms with Crippen LogP contribution in [0, 0.1) is 5.92 Å². The summed E-state index contributed by atoms with van der Waals surface area (Å²) in [6.07, 6.45) is 0. The van der Waals surface area contributed by atoms with Crippen molar-refractivity contribution in [3.63, 3.8) is 0 Å². The Hall–Kier alpha value is -2.07. The van der Waals surface area contributed by atoms with E-state index in [4.69, 9.17) is 44.9 Å². The van der Waals surface area contributed by atoms with Gasteiger partial charge in [0.1, 0.15) is 11.5 Å². The van der Waals surface area contributed by atoms with Gasteiger partial charge in [0.15, 0.2) is 11.7 Å². The van der Waals surface area contributed by atoms with Gasteiger partial charge in [0.2, 0.25) is 0 Å². The number of carbonyl (C=O) groups excluding carboxylic acids is 2. The van der Waals surface area contributed by atoms with E-state index in [1.54, 1.807) is 30.3 Å². The van der Waals surface area contributed by atoms with Gasteiger partial charge in [-0.15, -0.1) is 0 Å². The second-order valence-electron chi connectivity index (χ2n) is 6.67. The number of ether oxygens (including phenoxy) is 2. The zero-order chi connectivity index (χ0) is 23.0. The molecular formula is C20H20BrCl2N3O4S. The van der Waals surface area contributed by atoms with Crippen LogP contribution >= 0.6 is 51.3 Å². The van der Waals surface area contributed by atoms with Gasteiger partial charge in [0, 0.05) is 10.6 Å². The summed E-state index contributed by atoms with van der Waals surface area (Å²) in [5, 5.41) is 3.12. The van der Waals surface area contributed by atoms with E-state index in [1.807, 2.05) is 13.8 Å². The third kappa shape index (κ3) is 8.53. The van der Waals surface area contributed by atoms with E-state index in [2.05, 4.69) is 32.1 Å². The number of thiocarbonyl (C=S) groups is 1. The van der Waals surface area contributed by atoms with E-state index in [1.165, 1.54) is 6.07 Å². The van der Waals surface area contributed by atoms with Crippen molar-refractivity contribution < 1.29 is 19.1 Å². The van der Waals surface area contributed by atoms with Crippen LogP contribution in [0.1, 0.15) is 24.2 Å². The average Bonchev–Trinajstić information content (AvgIpc) is 2.70. The lowest BCUT2D eigenvalue weighted by atomic mass is 10.2. The summed E-state index contributed by atoms with van der Waals surface area (Å²) in [6.45, 7) is 4.32. The molecule has 0 aliphatic heterocycles. The number of amides is 2. The Morgan fingerprint density at radius 3 is 2.42 bits per heavy atom. The van der Waals surface area contributed by atoms with Gasteiger partial charge in [-0.3, -0.25) is 25.8 Å². The molecule has 11 heteroatoms. The largest absolute Gasteiger partial charge is 0.492 e. The van der Waals surface area contributed by atoms with Crippen LogP contribution in [-0.4, -0.2) is 30.1 Å². The molecule has 0 fully saturated rings. The van der Waals surface area contributed by atoms with Crippen LogP contribution in [-0.2, 0) is 4.79 Å². The SMILES string of the molecule is CC(C)COc1ccc(C(=O)NC(=S)NNC(=O)COc2ccc(Cl)cc2Cl)cc1Br. The summed E-state index contributed by atoms with van der Waals surface area (Å²) in [5.74, 6) is 0.341. The molecule has 0 heterocycles. The first-order chi connectivity index (χ1) is 14.7. The maximum atomic E-state index is 12.3. The van der Waals surface area contributed by atoms with Crippen molar-refractivity contribution in [1.29, 1.82) is 0 Å². The van der Waals surface area contributed by atoms with Crippen LogP contribution < -0.4 is 25.6 Å². The monoisotopic (exact) mass is 547 g/mol. The quantitative estimate of drug-likeness (QED) is 0.348. The van der Waals surface area contributed by atoms with Gasteiger partial charge < -0.3 is 9.47 Å². The number of rotatable bonds is 7. The summed E-state index contributed by atoms with van der Waals surface area (Å²) in [6, 6.07) is 9.56. The fraction of sp³-hybridized carbons (Fsp3) is 0.250. The van der Waals surface area contributed by atoms with Crippen molar-refractivity contribution in [2.75, 3.05) is 13.2 Å². The normalized spacial score (nSPS) is 10.4. The van der Waals surface area contributed by atoms with E-state index in [0.717, 1.165) is 0 Å². The highest BCUT2D eigenvalue weighted by molar-refractivity contribution is 9.10. The number of carbonyl (C=O) groups is 2. The minimum Gasteiger partial charge on any atom is -0.492 e. The lowest BCUT2D eigenvalue weighted by Crippen LogP contribution is -2.49. The smallest absolute Gasteiger partial charge is 0.276 e. The number of hydrazine groups is 1. The van der Waals surface area contributed by atoms with Crippen molar-refractivity contribution >= 4 is 68.3 Å². The molecule has 0 aliphatic rings. The predicted octanol–water partition coefficient (Wildman–Crippen LogP) is 4.51. The minimum absolute atomic E-state index is 0.0841. The summed E-state index contributed by atoms with van der Waals surface area (Å²) < 4.78 is 11.6. The molecule has 0 aliphatic carbocycles. The molecule has 7 nitrogen and oxygen atoms in total. The highest BCUT2D eigenvalue weighted by Crippen LogP contribution is 2.27.